The summed E-state index contributed by atoms with van der Waals surface area (Å²) < 4.78 is 37.8. The molecule has 1 aromatic rings. The molecule has 0 bridgehead atoms. The first-order valence-corrected chi connectivity index (χ1v) is 5.72. The second-order valence-electron chi connectivity index (χ2n) is 4.54. The Morgan fingerprint density at radius 2 is 2.05 bits per heavy atom. The Bertz CT molecular complexity index is 461. The molecule has 1 heterocycles. The molecule has 0 unspecified atom stereocenters. The van der Waals surface area contributed by atoms with Crippen molar-refractivity contribution < 1.29 is 18.3 Å². The van der Waals surface area contributed by atoms with E-state index < -0.39 is 17.5 Å². The van der Waals surface area contributed by atoms with Crippen LogP contribution >= 0.6 is 0 Å². The van der Waals surface area contributed by atoms with E-state index in [1.54, 1.807) is 0 Å². The SMILES string of the molecule is NNc1nc(NCC2(O)CCC2)cc(C(F)(F)F)n1. The van der Waals surface area contributed by atoms with Gasteiger partial charge in [-0.2, -0.15) is 18.2 Å². The van der Waals surface area contributed by atoms with Gasteiger partial charge in [-0.05, 0) is 19.3 Å². The first-order chi connectivity index (χ1) is 8.82. The van der Waals surface area contributed by atoms with Crippen LogP contribution in [-0.2, 0) is 6.18 Å². The van der Waals surface area contributed by atoms with Crippen LogP contribution in [0.5, 0.6) is 0 Å². The topological polar surface area (TPSA) is 96.1 Å². The Balaban J connectivity index is 2.15. The largest absolute Gasteiger partial charge is 0.433 e. The van der Waals surface area contributed by atoms with Gasteiger partial charge < -0.3 is 10.4 Å². The number of hydrogen-bond acceptors (Lipinski definition) is 6. The molecule has 1 aliphatic carbocycles. The van der Waals surface area contributed by atoms with Crippen molar-refractivity contribution in [2.45, 2.75) is 31.0 Å². The predicted octanol–water partition coefficient (Wildman–Crippen LogP) is 1.11. The third kappa shape index (κ3) is 3.24. The van der Waals surface area contributed by atoms with Gasteiger partial charge in [0.05, 0.1) is 5.60 Å². The van der Waals surface area contributed by atoms with E-state index in [9.17, 15) is 18.3 Å². The van der Waals surface area contributed by atoms with Gasteiger partial charge in [-0.3, -0.25) is 5.43 Å². The van der Waals surface area contributed by atoms with Gasteiger partial charge in [0.15, 0.2) is 5.69 Å². The summed E-state index contributed by atoms with van der Waals surface area (Å²) in [7, 11) is 0. The van der Waals surface area contributed by atoms with E-state index in [2.05, 4.69) is 15.3 Å². The summed E-state index contributed by atoms with van der Waals surface area (Å²) in [5, 5.41) is 12.5. The molecule has 2 rings (SSSR count). The minimum Gasteiger partial charge on any atom is -0.388 e. The van der Waals surface area contributed by atoms with Crippen LogP contribution in [0.1, 0.15) is 25.0 Å². The molecule has 9 heteroatoms. The van der Waals surface area contributed by atoms with E-state index in [1.165, 1.54) is 0 Å². The minimum absolute atomic E-state index is 0.0319. The van der Waals surface area contributed by atoms with Gasteiger partial charge >= 0.3 is 6.18 Å². The number of nitrogens with two attached hydrogens (primary N) is 1. The zero-order valence-corrected chi connectivity index (χ0v) is 9.96. The number of nitrogens with zero attached hydrogens (tertiary/aromatic N) is 2. The molecule has 1 fully saturated rings. The molecule has 0 amide bonds. The Morgan fingerprint density at radius 3 is 2.53 bits per heavy atom. The highest BCUT2D eigenvalue weighted by molar-refractivity contribution is 5.43. The van der Waals surface area contributed by atoms with Gasteiger partial charge in [0.25, 0.3) is 0 Å². The Kier molecular flexibility index (Phi) is 3.50. The Labute approximate surface area is 107 Å². The number of halogens is 3. The van der Waals surface area contributed by atoms with Crippen molar-refractivity contribution in [3.63, 3.8) is 0 Å². The van der Waals surface area contributed by atoms with Crippen LogP contribution in [0.25, 0.3) is 0 Å². The zero-order valence-electron chi connectivity index (χ0n) is 9.96. The van der Waals surface area contributed by atoms with Crippen LogP contribution in [0.2, 0.25) is 0 Å². The van der Waals surface area contributed by atoms with Crippen LogP contribution < -0.4 is 16.6 Å². The lowest BCUT2D eigenvalue weighted by molar-refractivity contribution is -0.141. The molecule has 0 spiro atoms. The molecule has 0 aromatic carbocycles. The molecule has 1 aliphatic rings. The number of aromatic nitrogens is 2. The van der Waals surface area contributed by atoms with Crippen molar-refractivity contribution >= 4 is 11.8 Å². The van der Waals surface area contributed by atoms with Crippen molar-refractivity contribution in [2.24, 2.45) is 5.84 Å². The summed E-state index contributed by atoms with van der Waals surface area (Å²) in [5.41, 5.74) is 0.0202. The molecule has 0 saturated heterocycles. The lowest BCUT2D eigenvalue weighted by Gasteiger charge is -2.36. The van der Waals surface area contributed by atoms with Gasteiger partial charge in [0.2, 0.25) is 5.95 Å². The maximum atomic E-state index is 12.6. The number of alkyl halides is 3. The van der Waals surface area contributed by atoms with Gasteiger partial charge in [-0.25, -0.2) is 10.8 Å². The summed E-state index contributed by atoms with van der Waals surface area (Å²) in [4.78, 5) is 6.98. The normalized spacial score (nSPS) is 17.7. The molecule has 1 aromatic heterocycles. The van der Waals surface area contributed by atoms with Gasteiger partial charge in [0, 0.05) is 12.6 Å². The fourth-order valence-electron chi connectivity index (χ4n) is 1.76. The number of rotatable bonds is 4. The van der Waals surface area contributed by atoms with Crippen LogP contribution in [0.4, 0.5) is 24.9 Å². The molecule has 0 radical (unpaired) electrons. The number of nitrogen functional groups attached to an aromatic ring is 1. The highest BCUT2D eigenvalue weighted by Crippen LogP contribution is 2.32. The fourth-order valence-corrected chi connectivity index (χ4v) is 1.76. The predicted molar refractivity (Wildman–Crippen MR) is 62.1 cm³/mol. The monoisotopic (exact) mass is 277 g/mol. The van der Waals surface area contributed by atoms with Crippen molar-refractivity contribution in [2.75, 3.05) is 17.3 Å². The molecule has 0 aliphatic heterocycles. The fraction of sp³-hybridized carbons (Fsp3) is 0.600. The lowest BCUT2D eigenvalue weighted by Crippen LogP contribution is -2.43. The summed E-state index contributed by atoms with van der Waals surface area (Å²) >= 11 is 0. The number of hydrogen-bond donors (Lipinski definition) is 4. The molecular weight excluding hydrogens is 263 g/mol. The van der Waals surface area contributed by atoms with E-state index >= 15 is 0 Å². The summed E-state index contributed by atoms with van der Waals surface area (Å²) in [6, 6.07) is 0.781. The number of nitrogens with one attached hydrogen (secondary N) is 2. The van der Waals surface area contributed by atoms with Gasteiger partial charge in [-0.15, -0.1) is 0 Å². The zero-order chi connectivity index (χ0) is 14.1. The first-order valence-electron chi connectivity index (χ1n) is 5.72. The Hall–Kier alpha value is -1.61. The van der Waals surface area contributed by atoms with Crippen molar-refractivity contribution in [1.82, 2.24) is 9.97 Å². The van der Waals surface area contributed by atoms with Gasteiger partial charge in [0.1, 0.15) is 5.82 Å². The maximum Gasteiger partial charge on any atom is 0.433 e. The van der Waals surface area contributed by atoms with E-state index in [1.807, 2.05) is 5.43 Å². The van der Waals surface area contributed by atoms with E-state index in [-0.39, 0.29) is 18.3 Å². The molecule has 1 saturated carbocycles. The lowest BCUT2D eigenvalue weighted by atomic mass is 9.80. The average Bonchev–Trinajstić information content (AvgIpc) is 2.32. The summed E-state index contributed by atoms with van der Waals surface area (Å²) in [6.45, 7) is 0.144. The number of aliphatic hydroxyl groups is 1. The van der Waals surface area contributed by atoms with E-state index in [0.29, 0.717) is 12.8 Å². The number of hydrazine groups is 1. The molecule has 0 atom stereocenters. The van der Waals surface area contributed by atoms with Crippen molar-refractivity contribution in [3.8, 4) is 0 Å². The third-order valence-corrected chi connectivity index (χ3v) is 3.03. The van der Waals surface area contributed by atoms with Crippen molar-refractivity contribution in [1.29, 1.82) is 0 Å². The molecule has 5 N–H and O–H groups in total. The standard InChI is InChI=1S/C10H14F3N5O/c11-10(12,13)6-4-7(17-8(16-6)18-14)15-5-9(19)2-1-3-9/h4,19H,1-3,5,14H2,(H2,15,16,17,18). The summed E-state index contributed by atoms with van der Waals surface area (Å²) in [6.07, 6.45) is -2.43. The first kappa shape index (κ1) is 13.8. The maximum absolute atomic E-state index is 12.6. The smallest absolute Gasteiger partial charge is 0.388 e. The molecular formula is C10H14F3N5O. The molecule has 19 heavy (non-hydrogen) atoms. The number of anilines is 2. The van der Waals surface area contributed by atoms with Gasteiger partial charge in [-0.1, -0.05) is 0 Å². The van der Waals surface area contributed by atoms with Crippen LogP contribution in [0.3, 0.4) is 0 Å². The highest BCUT2D eigenvalue weighted by atomic mass is 19.4. The molecule has 6 nitrogen and oxygen atoms in total. The minimum atomic E-state index is -4.58. The third-order valence-electron chi connectivity index (χ3n) is 3.03. The van der Waals surface area contributed by atoms with E-state index in [0.717, 1.165) is 12.5 Å². The van der Waals surface area contributed by atoms with Crippen LogP contribution in [0.15, 0.2) is 6.07 Å². The van der Waals surface area contributed by atoms with Crippen molar-refractivity contribution in [3.05, 3.63) is 11.8 Å². The molecule has 106 valence electrons. The second-order valence-corrected chi connectivity index (χ2v) is 4.54. The second kappa shape index (κ2) is 4.82. The van der Waals surface area contributed by atoms with Crippen LogP contribution in [0, 0.1) is 0 Å². The highest BCUT2D eigenvalue weighted by Gasteiger charge is 2.36. The average molecular weight is 277 g/mol. The van der Waals surface area contributed by atoms with Crippen LogP contribution in [-0.4, -0.2) is 27.2 Å². The Morgan fingerprint density at radius 1 is 1.37 bits per heavy atom. The summed E-state index contributed by atoms with van der Waals surface area (Å²) in [5.74, 6) is 4.66. The quantitative estimate of drug-likeness (QED) is 0.486. The van der Waals surface area contributed by atoms with E-state index in [4.69, 9.17) is 5.84 Å².